The number of hydrogen-bond acceptors (Lipinski definition) is 7. The maximum Gasteiger partial charge on any atom is 0.261 e. The maximum atomic E-state index is 13.3. The zero-order chi connectivity index (χ0) is 22.9. The largest absolute Gasteiger partial charge is 0.493 e. The standard InChI is InChI=1S/C24H22N6O3/c1-13-10-26-14(11-25-13)12-27-22-15-8-19(32-2)20(33-3)9-18(15)30-24(31)21(22)23-28-16-6-4-5-7-17(16)29-23/h4-11H,12H2,1-3H3,(H,28,29)(H2,27,30,31). The van der Waals surface area contributed by atoms with Gasteiger partial charge in [-0.15, -0.1) is 0 Å². The molecule has 3 N–H and O–H groups in total. The van der Waals surface area contributed by atoms with E-state index < -0.39 is 0 Å². The van der Waals surface area contributed by atoms with Crippen molar-refractivity contribution in [2.45, 2.75) is 13.5 Å². The number of H-pyrrole nitrogens is 2. The summed E-state index contributed by atoms with van der Waals surface area (Å²) in [4.78, 5) is 32.9. The number of imidazole rings is 1. The number of nitrogens with one attached hydrogen (secondary N) is 3. The molecule has 0 aliphatic heterocycles. The van der Waals surface area contributed by atoms with Crippen LogP contribution in [0.15, 0.2) is 53.6 Å². The Kier molecular flexibility index (Phi) is 5.14. The summed E-state index contributed by atoms with van der Waals surface area (Å²) in [6.07, 6.45) is 3.42. The molecule has 5 rings (SSSR count). The Hall–Kier alpha value is -4.40. The Morgan fingerprint density at radius 3 is 2.48 bits per heavy atom. The summed E-state index contributed by atoms with van der Waals surface area (Å²) in [5, 5.41) is 4.14. The van der Waals surface area contributed by atoms with Gasteiger partial charge in [0.15, 0.2) is 11.5 Å². The first-order chi connectivity index (χ1) is 16.1. The van der Waals surface area contributed by atoms with Crippen molar-refractivity contribution in [3.8, 4) is 22.9 Å². The van der Waals surface area contributed by atoms with Crippen LogP contribution in [0.1, 0.15) is 11.4 Å². The third-order valence-corrected chi connectivity index (χ3v) is 5.43. The van der Waals surface area contributed by atoms with Gasteiger partial charge in [-0.2, -0.15) is 0 Å². The van der Waals surface area contributed by atoms with Gasteiger partial charge in [0, 0.05) is 17.6 Å². The lowest BCUT2D eigenvalue weighted by molar-refractivity contribution is 0.356. The summed E-state index contributed by atoms with van der Waals surface area (Å²) in [5.41, 5.74) is 4.51. The van der Waals surface area contributed by atoms with Crippen LogP contribution in [0.5, 0.6) is 11.5 Å². The lowest BCUT2D eigenvalue weighted by atomic mass is 10.1. The minimum atomic E-state index is -0.286. The summed E-state index contributed by atoms with van der Waals surface area (Å²) in [6.45, 7) is 2.25. The number of aryl methyl sites for hydroxylation is 1. The number of benzene rings is 2. The Morgan fingerprint density at radius 1 is 0.970 bits per heavy atom. The molecule has 0 amide bonds. The van der Waals surface area contributed by atoms with Crippen molar-refractivity contribution in [1.29, 1.82) is 0 Å². The molecule has 0 radical (unpaired) electrons. The van der Waals surface area contributed by atoms with Gasteiger partial charge < -0.3 is 24.8 Å². The zero-order valence-corrected chi connectivity index (χ0v) is 18.4. The lowest BCUT2D eigenvalue weighted by Gasteiger charge is -2.16. The van der Waals surface area contributed by atoms with Crippen molar-refractivity contribution in [3.63, 3.8) is 0 Å². The quantitative estimate of drug-likeness (QED) is 0.366. The fourth-order valence-electron chi connectivity index (χ4n) is 3.79. The number of para-hydroxylation sites is 2. The normalized spacial score (nSPS) is 11.1. The Morgan fingerprint density at radius 2 is 1.76 bits per heavy atom. The van der Waals surface area contributed by atoms with Gasteiger partial charge in [-0.05, 0) is 25.1 Å². The molecule has 33 heavy (non-hydrogen) atoms. The Labute approximate surface area is 188 Å². The van der Waals surface area contributed by atoms with Crippen molar-refractivity contribution in [2.75, 3.05) is 19.5 Å². The molecule has 0 saturated carbocycles. The topological polar surface area (TPSA) is 118 Å². The van der Waals surface area contributed by atoms with Crippen LogP contribution in [0.4, 0.5) is 5.69 Å². The van der Waals surface area contributed by atoms with E-state index >= 15 is 0 Å². The molecule has 5 aromatic rings. The van der Waals surface area contributed by atoms with Crippen molar-refractivity contribution in [3.05, 3.63) is 70.5 Å². The predicted octanol–water partition coefficient (Wildman–Crippen LogP) is 3.80. The van der Waals surface area contributed by atoms with Gasteiger partial charge in [-0.25, -0.2) is 4.98 Å². The van der Waals surface area contributed by atoms with Crippen LogP contribution < -0.4 is 20.3 Å². The van der Waals surface area contributed by atoms with Crippen molar-refractivity contribution in [2.24, 2.45) is 0 Å². The van der Waals surface area contributed by atoms with Crippen LogP contribution in [0, 0.1) is 6.92 Å². The highest BCUT2D eigenvalue weighted by molar-refractivity contribution is 6.00. The molecule has 0 atom stereocenters. The summed E-state index contributed by atoms with van der Waals surface area (Å²) >= 11 is 0. The van der Waals surface area contributed by atoms with Gasteiger partial charge >= 0.3 is 0 Å². The van der Waals surface area contributed by atoms with E-state index in [1.165, 1.54) is 0 Å². The molecule has 0 fully saturated rings. The van der Waals surface area contributed by atoms with Crippen molar-refractivity contribution >= 4 is 27.6 Å². The lowest BCUT2D eigenvalue weighted by Crippen LogP contribution is -2.15. The molecule has 9 heteroatoms. The average Bonchev–Trinajstić information content (AvgIpc) is 3.26. The second kappa shape index (κ2) is 8.27. The number of aromatic amines is 2. The molecule has 0 bridgehead atoms. The van der Waals surface area contributed by atoms with Crippen molar-refractivity contribution < 1.29 is 9.47 Å². The number of fused-ring (bicyclic) bond motifs is 2. The van der Waals surface area contributed by atoms with E-state index in [2.05, 4.69) is 30.2 Å². The summed E-state index contributed by atoms with van der Waals surface area (Å²) in [5.74, 6) is 1.53. The minimum absolute atomic E-state index is 0.286. The third-order valence-electron chi connectivity index (χ3n) is 5.43. The number of aromatic nitrogens is 5. The molecule has 0 unspecified atom stereocenters. The molecule has 9 nitrogen and oxygen atoms in total. The summed E-state index contributed by atoms with van der Waals surface area (Å²) in [6, 6.07) is 11.2. The monoisotopic (exact) mass is 442 g/mol. The van der Waals surface area contributed by atoms with Crippen molar-refractivity contribution in [1.82, 2.24) is 24.9 Å². The first-order valence-corrected chi connectivity index (χ1v) is 10.4. The number of pyridine rings is 1. The molecular weight excluding hydrogens is 420 g/mol. The van der Waals surface area contributed by atoms with E-state index in [0.29, 0.717) is 40.6 Å². The number of rotatable bonds is 6. The van der Waals surface area contributed by atoms with E-state index in [0.717, 1.165) is 27.8 Å². The number of nitrogens with zero attached hydrogens (tertiary/aromatic N) is 3. The van der Waals surface area contributed by atoms with Crippen LogP contribution in [0.25, 0.3) is 33.3 Å². The maximum absolute atomic E-state index is 13.3. The number of anilines is 1. The van der Waals surface area contributed by atoms with E-state index in [9.17, 15) is 4.79 Å². The molecule has 3 heterocycles. The molecular formula is C24H22N6O3. The molecule has 0 saturated heterocycles. The van der Waals surface area contributed by atoms with Gasteiger partial charge in [-0.1, -0.05) is 12.1 Å². The molecule has 166 valence electrons. The highest BCUT2D eigenvalue weighted by Gasteiger charge is 2.20. The van der Waals surface area contributed by atoms with E-state index in [4.69, 9.17) is 9.47 Å². The highest BCUT2D eigenvalue weighted by atomic mass is 16.5. The number of hydrogen-bond donors (Lipinski definition) is 3. The van der Waals surface area contributed by atoms with Gasteiger partial charge in [0.2, 0.25) is 0 Å². The zero-order valence-electron chi connectivity index (χ0n) is 18.4. The Bertz CT molecular complexity index is 1490. The van der Waals surface area contributed by atoms with Crippen LogP contribution in [-0.2, 0) is 6.54 Å². The second-order valence-corrected chi connectivity index (χ2v) is 7.56. The fourth-order valence-corrected chi connectivity index (χ4v) is 3.79. The SMILES string of the molecule is COc1cc2[nH]c(=O)c(-c3nc4ccccc4[nH]3)c(NCc3cnc(C)cn3)c2cc1OC. The number of methoxy groups -OCH3 is 2. The summed E-state index contributed by atoms with van der Waals surface area (Å²) < 4.78 is 10.9. The molecule has 2 aromatic carbocycles. The minimum Gasteiger partial charge on any atom is -0.493 e. The molecule has 0 spiro atoms. The van der Waals surface area contributed by atoms with E-state index in [1.807, 2.05) is 37.3 Å². The molecule has 0 aliphatic rings. The van der Waals surface area contributed by atoms with Gasteiger partial charge in [0.1, 0.15) is 11.4 Å². The Balaban J connectivity index is 1.73. The predicted molar refractivity (Wildman–Crippen MR) is 127 cm³/mol. The number of ether oxygens (including phenoxy) is 2. The second-order valence-electron chi connectivity index (χ2n) is 7.56. The fraction of sp³-hybridized carbons (Fsp3) is 0.167. The van der Waals surface area contributed by atoms with Crippen LogP contribution >= 0.6 is 0 Å². The van der Waals surface area contributed by atoms with Gasteiger partial charge in [-0.3, -0.25) is 14.8 Å². The van der Waals surface area contributed by atoms with E-state index in [1.54, 1.807) is 32.7 Å². The first kappa shape index (κ1) is 20.5. The van der Waals surface area contributed by atoms with Crippen LogP contribution in [-0.4, -0.2) is 39.1 Å². The third kappa shape index (κ3) is 3.73. The van der Waals surface area contributed by atoms with Crippen LogP contribution in [0.3, 0.4) is 0 Å². The summed E-state index contributed by atoms with van der Waals surface area (Å²) in [7, 11) is 3.13. The smallest absolute Gasteiger partial charge is 0.261 e. The first-order valence-electron chi connectivity index (χ1n) is 10.4. The average molecular weight is 442 g/mol. The molecule has 3 aromatic heterocycles. The molecule has 0 aliphatic carbocycles. The van der Waals surface area contributed by atoms with Gasteiger partial charge in [0.05, 0.1) is 60.6 Å². The van der Waals surface area contributed by atoms with E-state index in [-0.39, 0.29) is 5.56 Å². The van der Waals surface area contributed by atoms with Crippen LogP contribution in [0.2, 0.25) is 0 Å². The van der Waals surface area contributed by atoms with Gasteiger partial charge in [0.25, 0.3) is 5.56 Å². The highest BCUT2D eigenvalue weighted by Crippen LogP contribution is 2.37.